The average molecular weight is 272 g/mol. The Bertz CT molecular complexity index is 408. The lowest BCUT2D eigenvalue weighted by atomic mass is 9.85. The molecular weight excluding hydrogens is 258 g/mol. The van der Waals surface area contributed by atoms with Gasteiger partial charge in [0.2, 0.25) is 0 Å². The van der Waals surface area contributed by atoms with E-state index in [9.17, 15) is 9.90 Å². The van der Waals surface area contributed by atoms with Gasteiger partial charge in [0.15, 0.2) is 0 Å². The molecule has 4 heteroatoms. The van der Waals surface area contributed by atoms with Crippen LogP contribution in [0.1, 0.15) is 36.7 Å². The molecule has 0 atom stereocenters. The first-order chi connectivity index (χ1) is 6.73. The molecule has 0 saturated carbocycles. The summed E-state index contributed by atoms with van der Waals surface area (Å²) >= 11 is 3.29. The maximum Gasteiger partial charge on any atom is 0.252 e. The van der Waals surface area contributed by atoms with Crippen LogP contribution in [0.15, 0.2) is 16.6 Å². The van der Waals surface area contributed by atoms with Crippen molar-refractivity contribution in [2.24, 2.45) is 5.73 Å². The first kappa shape index (κ1) is 12.0. The first-order valence-corrected chi connectivity index (χ1v) is 5.35. The summed E-state index contributed by atoms with van der Waals surface area (Å²) < 4.78 is 0.735. The van der Waals surface area contributed by atoms with E-state index >= 15 is 0 Å². The van der Waals surface area contributed by atoms with Crippen molar-refractivity contribution in [1.29, 1.82) is 0 Å². The van der Waals surface area contributed by atoms with Gasteiger partial charge in [0.25, 0.3) is 5.91 Å². The van der Waals surface area contributed by atoms with Crippen molar-refractivity contribution in [2.45, 2.75) is 26.2 Å². The fraction of sp³-hybridized carbons (Fsp3) is 0.364. The zero-order valence-corrected chi connectivity index (χ0v) is 10.6. The van der Waals surface area contributed by atoms with E-state index in [0.717, 1.165) is 4.47 Å². The Balaban J connectivity index is 3.49. The van der Waals surface area contributed by atoms with E-state index in [-0.39, 0.29) is 16.7 Å². The highest BCUT2D eigenvalue weighted by Crippen LogP contribution is 2.35. The van der Waals surface area contributed by atoms with Crippen LogP contribution in [-0.4, -0.2) is 11.0 Å². The molecule has 1 aromatic rings. The Morgan fingerprint density at radius 2 is 1.93 bits per heavy atom. The van der Waals surface area contributed by atoms with Crippen molar-refractivity contribution >= 4 is 21.8 Å². The molecule has 0 saturated heterocycles. The van der Waals surface area contributed by atoms with Gasteiger partial charge in [0.05, 0.1) is 5.56 Å². The molecule has 0 heterocycles. The minimum Gasteiger partial charge on any atom is -0.507 e. The maximum absolute atomic E-state index is 11.1. The first-order valence-electron chi connectivity index (χ1n) is 4.56. The molecular formula is C11H14BrNO2. The van der Waals surface area contributed by atoms with Crippen molar-refractivity contribution < 1.29 is 9.90 Å². The molecule has 82 valence electrons. The molecule has 1 rings (SSSR count). The monoisotopic (exact) mass is 271 g/mol. The van der Waals surface area contributed by atoms with Gasteiger partial charge in [-0.1, -0.05) is 36.7 Å². The molecule has 0 radical (unpaired) electrons. The summed E-state index contributed by atoms with van der Waals surface area (Å²) in [6, 6.07) is 3.31. The number of nitrogens with two attached hydrogens (primary N) is 1. The van der Waals surface area contributed by atoms with Crippen molar-refractivity contribution in [1.82, 2.24) is 0 Å². The van der Waals surface area contributed by atoms with Crippen LogP contribution in [0.4, 0.5) is 0 Å². The number of carbonyl (C=O) groups excluding carboxylic acids is 1. The number of halogens is 1. The average Bonchev–Trinajstić information content (AvgIpc) is 2.06. The standard InChI is InChI=1S/C11H14BrNO2/c1-11(2,3)8-5-6(12)4-7(9(8)14)10(13)15/h4-5,14H,1-3H3,(H2,13,15). The second-order valence-electron chi connectivity index (χ2n) is 4.46. The number of rotatable bonds is 1. The van der Waals surface area contributed by atoms with Crippen LogP contribution in [0.25, 0.3) is 0 Å². The van der Waals surface area contributed by atoms with E-state index in [1.54, 1.807) is 6.07 Å². The van der Waals surface area contributed by atoms with E-state index in [1.165, 1.54) is 6.07 Å². The molecule has 0 aliphatic rings. The summed E-state index contributed by atoms with van der Waals surface area (Å²) in [5, 5.41) is 9.90. The predicted octanol–water partition coefficient (Wildman–Crippen LogP) is 2.55. The van der Waals surface area contributed by atoms with Crippen molar-refractivity contribution in [3.63, 3.8) is 0 Å². The second kappa shape index (κ2) is 3.85. The maximum atomic E-state index is 11.1. The molecule has 0 aliphatic heterocycles. The second-order valence-corrected chi connectivity index (χ2v) is 5.38. The predicted molar refractivity (Wildman–Crippen MR) is 63.0 cm³/mol. The van der Waals surface area contributed by atoms with E-state index in [4.69, 9.17) is 5.73 Å². The lowest BCUT2D eigenvalue weighted by Gasteiger charge is -2.21. The lowest BCUT2D eigenvalue weighted by molar-refractivity contribution is 0.0997. The Morgan fingerprint density at radius 3 is 2.33 bits per heavy atom. The zero-order chi connectivity index (χ0) is 11.8. The van der Waals surface area contributed by atoms with Crippen molar-refractivity contribution in [2.75, 3.05) is 0 Å². The topological polar surface area (TPSA) is 63.3 Å². The number of hydrogen-bond acceptors (Lipinski definition) is 2. The summed E-state index contributed by atoms with van der Waals surface area (Å²) in [5.74, 6) is -0.655. The van der Waals surface area contributed by atoms with Gasteiger partial charge < -0.3 is 10.8 Å². The largest absolute Gasteiger partial charge is 0.507 e. The SMILES string of the molecule is CC(C)(C)c1cc(Br)cc(C(N)=O)c1O. The van der Waals surface area contributed by atoms with Gasteiger partial charge >= 0.3 is 0 Å². The Hall–Kier alpha value is -1.03. The minimum absolute atomic E-state index is 0.0294. The zero-order valence-electron chi connectivity index (χ0n) is 8.97. The van der Waals surface area contributed by atoms with Crippen LogP contribution < -0.4 is 5.73 Å². The van der Waals surface area contributed by atoms with Gasteiger partial charge in [-0.2, -0.15) is 0 Å². The van der Waals surface area contributed by atoms with Crippen LogP contribution in [0.2, 0.25) is 0 Å². The highest BCUT2D eigenvalue weighted by atomic mass is 79.9. The molecule has 3 N–H and O–H groups in total. The number of phenols is 1. The van der Waals surface area contributed by atoms with Crippen LogP contribution in [0, 0.1) is 0 Å². The number of primary amides is 1. The van der Waals surface area contributed by atoms with E-state index in [1.807, 2.05) is 20.8 Å². The summed E-state index contributed by atoms with van der Waals surface area (Å²) in [6.07, 6.45) is 0. The fourth-order valence-electron chi connectivity index (χ4n) is 1.36. The number of hydrogen-bond donors (Lipinski definition) is 2. The van der Waals surface area contributed by atoms with Gasteiger partial charge in [-0.15, -0.1) is 0 Å². The Kier molecular flexibility index (Phi) is 3.09. The van der Waals surface area contributed by atoms with Gasteiger partial charge in [-0.25, -0.2) is 0 Å². The summed E-state index contributed by atoms with van der Waals surface area (Å²) in [7, 11) is 0. The molecule has 1 aromatic carbocycles. The summed E-state index contributed by atoms with van der Waals surface area (Å²) in [5.41, 5.74) is 5.79. The Morgan fingerprint density at radius 1 is 1.40 bits per heavy atom. The third-order valence-electron chi connectivity index (χ3n) is 2.15. The summed E-state index contributed by atoms with van der Waals surface area (Å²) in [4.78, 5) is 11.1. The highest BCUT2D eigenvalue weighted by molar-refractivity contribution is 9.10. The van der Waals surface area contributed by atoms with Gasteiger partial charge in [-0.05, 0) is 17.5 Å². The van der Waals surface area contributed by atoms with Crippen molar-refractivity contribution in [3.8, 4) is 5.75 Å². The third kappa shape index (κ3) is 2.50. The lowest BCUT2D eigenvalue weighted by Crippen LogP contribution is -2.16. The molecule has 0 fully saturated rings. The minimum atomic E-state index is -0.626. The van der Waals surface area contributed by atoms with Crippen molar-refractivity contribution in [3.05, 3.63) is 27.7 Å². The Labute approximate surface area is 97.4 Å². The van der Waals surface area contributed by atoms with Gasteiger partial charge in [-0.3, -0.25) is 4.79 Å². The molecule has 0 bridgehead atoms. The van der Waals surface area contributed by atoms with E-state index in [0.29, 0.717) is 5.56 Å². The molecule has 15 heavy (non-hydrogen) atoms. The third-order valence-corrected chi connectivity index (χ3v) is 2.61. The van der Waals surface area contributed by atoms with Crippen LogP contribution in [-0.2, 0) is 5.41 Å². The van der Waals surface area contributed by atoms with Crippen LogP contribution >= 0.6 is 15.9 Å². The quantitative estimate of drug-likeness (QED) is 0.825. The van der Waals surface area contributed by atoms with Crippen LogP contribution in [0.3, 0.4) is 0 Å². The smallest absolute Gasteiger partial charge is 0.252 e. The number of amides is 1. The number of benzene rings is 1. The fourth-order valence-corrected chi connectivity index (χ4v) is 1.82. The van der Waals surface area contributed by atoms with Gasteiger partial charge in [0, 0.05) is 10.0 Å². The molecule has 0 aromatic heterocycles. The highest BCUT2D eigenvalue weighted by Gasteiger charge is 2.22. The normalized spacial score (nSPS) is 11.5. The summed E-state index contributed by atoms with van der Waals surface area (Å²) in [6.45, 7) is 5.87. The molecule has 0 spiro atoms. The van der Waals surface area contributed by atoms with E-state index in [2.05, 4.69) is 15.9 Å². The molecule has 0 unspecified atom stereocenters. The number of aromatic hydroxyl groups is 1. The molecule has 1 amide bonds. The molecule has 3 nitrogen and oxygen atoms in total. The van der Waals surface area contributed by atoms with Gasteiger partial charge in [0.1, 0.15) is 5.75 Å². The van der Waals surface area contributed by atoms with Crippen LogP contribution in [0.5, 0.6) is 5.75 Å². The molecule has 0 aliphatic carbocycles. The van der Waals surface area contributed by atoms with E-state index < -0.39 is 5.91 Å². The number of carbonyl (C=O) groups is 1.